The van der Waals surface area contributed by atoms with Crippen molar-refractivity contribution in [1.82, 2.24) is 16.0 Å². The Morgan fingerprint density at radius 1 is 0.767 bits per heavy atom. The number of carbonyl (C=O) groups excluding carboxylic acids is 3. The van der Waals surface area contributed by atoms with E-state index in [1.165, 1.54) is 24.3 Å². The molecule has 14 heteroatoms. The van der Waals surface area contributed by atoms with Gasteiger partial charge in [-0.25, -0.2) is 14.4 Å². The average Bonchev–Trinajstić information content (AvgIpc) is 2.97. The van der Waals surface area contributed by atoms with Crippen LogP contribution in [-0.4, -0.2) is 75.9 Å². The van der Waals surface area contributed by atoms with E-state index in [2.05, 4.69) is 16.0 Å². The summed E-state index contributed by atoms with van der Waals surface area (Å²) >= 11 is 0. The van der Waals surface area contributed by atoms with Gasteiger partial charge in [-0.1, -0.05) is 62.2 Å². The van der Waals surface area contributed by atoms with Gasteiger partial charge in [0.05, 0.1) is 6.42 Å². The summed E-state index contributed by atoms with van der Waals surface area (Å²) in [7, 11) is 0. The largest absolute Gasteiger partial charge is 0.481 e. The van der Waals surface area contributed by atoms with Crippen LogP contribution in [-0.2, 0) is 41.7 Å². The van der Waals surface area contributed by atoms with Gasteiger partial charge < -0.3 is 40.7 Å². The fourth-order valence-electron chi connectivity index (χ4n) is 3.76. The summed E-state index contributed by atoms with van der Waals surface area (Å²) in [5.41, 5.74) is 1.16. The third-order valence-corrected chi connectivity index (χ3v) is 5.98. The van der Waals surface area contributed by atoms with Crippen molar-refractivity contribution in [1.29, 1.82) is 0 Å². The molecule has 2 rings (SSSR count). The smallest absolute Gasteiger partial charge is 0.408 e. The van der Waals surface area contributed by atoms with Crippen molar-refractivity contribution >= 4 is 35.8 Å². The molecule has 6 N–H and O–H groups in total. The maximum atomic E-state index is 13.1. The molecule has 0 heterocycles. The van der Waals surface area contributed by atoms with Crippen molar-refractivity contribution in [2.45, 2.75) is 63.8 Å². The lowest BCUT2D eigenvalue weighted by Crippen LogP contribution is -2.55. The molecule has 2 aromatic carbocycles. The SMILES string of the molecule is CCCCCNC(=O)C(Cc1ccc(OC(C(=O)O)C(=O)O)cc1)NC(=O)[C@H](CC(=O)O)NC(=O)OCc1ccccc1. The van der Waals surface area contributed by atoms with Crippen LogP contribution in [0.5, 0.6) is 5.75 Å². The van der Waals surface area contributed by atoms with E-state index in [4.69, 9.17) is 19.7 Å². The van der Waals surface area contributed by atoms with E-state index in [-0.39, 0.29) is 18.8 Å². The van der Waals surface area contributed by atoms with Crippen molar-refractivity contribution in [3.8, 4) is 5.75 Å². The van der Waals surface area contributed by atoms with Gasteiger partial charge in [0.1, 0.15) is 24.4 Å². The minimum atomic E-state index is -2.12. The monoisotopic (exact) mass is 601 g/mol. The number of carboxylic acids is 3. The normalized spacial score (nSPS) is 12.0. The van der Waals surface area contributed by atoms with Gasteiger partial charge in [0.15, 0.2) is 0 Å². The predicted octanol–water partition coefficient (Wildman–Crippen LogP) is 1.71. The van der Waals surface area contributed by atoms with Gasteiger partial charge in [0.2, 0.25) is 11.8 Å². The molecular weight excluding hydrogens is 566 g/mol. The van der Waals surface area contributed by atoms with E-state index < -0.39 is 60.4 Å². The number of unbranched alkanes of at least 4 members (excludes halogenated alkanes) is 2. The van der Waals surface area contributed by atoms with Crippen LogP contribution < -0.4 is 20.7 Å². The highest BCUT2D eigenvalue weighted by Gasteiger charge is 2.30. The lowest BCUT2D eigenvalue weighted by atomic mass is 10.0. The highest BCUT2D eigenvalue weighted by atomic mass is 16.5. The van der Waals surface area contributed by atoms with Crippen molar-refractivity contribution in [3.05, 3.63) is 65.7 Å². The van der Waals surface area contributed by atoms with Gasteiger partial charge in [0.25, 0.3) is 6.10 Å². The Kier molecular flexibility index (Phi) is 14.0. The van der Waals surface area contributed by atoms with Crippen LogP contribution in [0, 0.1) is 0 Å². The van der Waals surface area contributed by atoms with Crippen LogP contribution in [0.3, 0.4) is 0 Å². The second-order valence-electron chi connectivity index (χ2n) is 9.44. The van der Waals surface area contributed by atoms with E-state index in [9.17, 15) is 33.9 Å². The van der Waals surface area contributed by atoms with Gasteiger partial charge in [0, 0.05) is 13.0 Å². The number of alkyl carbamates (subject to hydrolysis) is 1. The summed E-state index contributed by atoms with van der Waals surface area (Å²) < 4.78 is 10.1. The number of rotatable bonds is 18. The number of aliphatic carboxylic acids is 3. The molecule has 0 aromatic heterocycles. The molecule has 43 heavy (non-hydrogen) atoms. The number of carboxylic acid groups (broad SMARTS) is 3. The van der Waals surface area contributed by atoms with Gasteiger partial charge in [-0.15, -0.1) is 0 Å². The predicted molar refractivity (Wildman–Crippen MR) is 150 cm³/mol. The molecule has 2 atom stereocenters. The van der Waals surface area contributed by atoms with Gasteiger partial charge in [-0.05, 0) is 29.7 Å². The number of amides is 3. The zero-order valence-corrected chi connectivity index (χ0v) is 23.5. The van der Waals surface area contributed by atoms with E-state index in [0.29, 0.717) is 24.1 Å². The Morgan fingerprint density at radius 3 is 2.00 bits per heavy atom. The molecule has 0 aliphatic heterocycles. The molecule has 232 valence electrons. The van der Waals surface area contributed by atoms with Gasteiger partial charge in [-0.2, -0.15) is 0 Å². The Morgan fingerprint density at radius 2 is 1.42 bits per heavy atom. The summed E-state index contributed by atoms with van der Waals surface area (Å²) in [5, 5.41) is 34.8. The Bertz CT molecular complexity index is 1240. The van der Waals surface area contributed by atoms with Gasteiger partial charge in [-0.3, -0.25) is 14.4 Å². The lowest BCUT2D eigenvalue weighted by Gasteiger charge is -2.22. The van der Waals surface area contributed by atoms with E-state index in [1.54, 1.807) is 30.3 Å². The second kappa shape index (κ2) is 17.6. The highest BCUT2D eigenvalue weighted by Crippen LogP contribution is 2.16. The summed E-state index contributed by atoms with van der Waals surface area (Å²) in [6, 6.07) is 11.5. The van der Waals surface area contributed by atoms with Crippen LogP contribution in [0.2, 0.25) is 0 Å². The van der Waals surface area contributed by atoms with Crippen LogP contribution in [0.15, 0.2) is 54.6 Å². The standard InChI is InChI=1S/C29H35N3O11/c1-2-3-7-14-30-25(35)21(15-18-10-12-20(13-11-18)43-24(27(37)38)28(39)40)31-26(36)22(16-23(33)34)32-29(41)42-17-19-8-5-4-6-9-19/h4-6,8-13,21-22,24H,2-3,7,14-17H2,1H3,(H,30,35)(H,31,36)(H,32,41)(H,33,34)(H,37,38)(H,39,40)/t21?,22-/m0/s1. The molecule has 2 aromatic rings. The van der Waals surface area contributed by atoms with Crippen molar-refractivity contribution in [2.75, 3.05) is 6.54 Å². The minimum Gasteiger partial charge on any atom is -0.481 e. The first-order valence-corrected chi connectivity index (χ1v) is 13.5. The topological polar surface area (TPSA) is 218 Å². The Labute approximate surface area is 247 Å². The fraction of sp³-hybridized carbons (Fsp3) is 0.379. The third kappa shape index (κ3) is 12.5. The average molecular weight is 602 g/mol. The molecule has 0 saturated carbocycles. The fourth-order valence-corrected chi connectivity index (χ4v) is 3.76. The van der Waals surface area contributed by atoms with Crippen LogP contribution in [0.25, 0.3) is 0 Å². The highest BCUT2D eigenvalue weighted by molar-refractivity contribution is 5.96. The van der Waals surface area contributed by atoms with Crippen LogP contribution in [0.1, 0.15) is 43.7 Å². The number of benzene rings is 2. The van der Waals surface area contributed by atoms with Gasteiger partial charge >= 0.3 is 24.0 Å². The van der Waals surface area contributed by atoms with Crippen LogP contribution >= 0.6 is 0 Å². The number of hydrogen-bond acceptors (Lipinski definition) is 8. The zero-order valence-electron chi connectivity index (χ0n) is 23.5. The first-order chi connectivity index (χ1) is 20.5. The molecule has 0 radical (unpaired) electrons. The molecule has 0 saturated heterocycles. The minimum absolute atomic E-state index is 0.0529. The molecule has 0 fully saturated rings. The van der Waals surface area contributed by atoms with E-state index in [0.717, 1.165) is 12.8 Å². The second-order valence-corrected chi connectivity index (χ2v) is 9.44. The van der Waals surface area contributed by atoms with E-state index >= 15 is 0 Å². The molecule has 0 aliphatic rings. The summed E-state index contributed by atoms with van der Waals surface area (Å²) in [4.78, 5) is 72.1. The maximum absolute atomic E-state index is 13.1. The number of carbonyl (C=O) groups is 6. The Hall–Kier alpha value is -5.14. The van der Waals surface area contributed by atoms with Crippen LogP contribution in [0.4, 0.5) is 4.79 Å². The summed E-state index contributed by atoms with van der Waals surface area (Å²) in [6.45, 7) is 2.21. The molecule has 0 spiro atoms. The first-order valence-electron chi connectivity index (χ1n) is 13.5. The maximum Gasteiger partial charge on any atom is 0.408 e. The number of nitrogens with one attached hydrogen (secondary N) is 3. The molecule has 1 unspecified atom stereocenters. The molecule has 14 nitrogen and oxygen atoms in total. The molecule has 0 bridgehead atoms. The first kappa shape index (κ1) is 34.1. The molecular formula is C29H35N3O11. The number of ether oxygens (including phenoxy) is 2. The summed E-state index contributed by atoms with van der Waals surface area (Å²) in [5.74, 6) is -6.29. The Balaban J connectivity index is 2.15. The molecule has 0 aliphatic carbocycles. The lowest BCUT2D eigenvalue weighted by molar-refractivity contribution is -0.159. The van der Waals surface area contributed by atoms with Crippen molar-refractivity contribution < 1.29 is 53.6 Å². The number of hydrogen-bond donors (Lipinski definition) is 6. The zero-order chi connectivity index (χ0) is 31.8. The third-order valence-electron chi connectivity index (χ3n) is 5.98. The summed E-state index contributed by atoms with van der Waals surface area (Å²) in [6.07, 6.45) is -1.53. The quantitative estimate of drug-likeness (QED) is 0.107. The van der Waals surface area contributed by atoms with E-state index in [1.807, 2.05) is 6.92 Å². The molecule has 3 amide bonds. The van der Waals surface area contributed by atoms with Crippen molar-refractivity contribution in [2.24, 2.45) is 0 Å². The van der Waals surface area contributed by atoms with Crippen molar-refractivity contribution in [3.63, 3.8) is 0 Å².